The Kier molecular flexibility index (Phi) is 39.6. The number of nitrogens with zero attached hydrogens (tertiary/aromatic N) is 1. The van der Waals surface area contributed by atoms with Crippen molar-refractivity contribution in [3.05, 3.63) is 85.1 Å². The Morgan fingerprint density at radius 2 is 0.900 bits per heavy atom. The molecule has 9 nitrogen and oxygen atoms in total. The largest absolute Gasteiger partial charge is 0.472 e. The van der Waals surface area contributed by atoms with Crippen LogP contribution in [0.2, 0.25) is 0 Å². The van der Waals surface area contributed by atoms with E-state index in [9.17, 15) is 19.0 Å². The van der Waals surface area contributed by atoms with E-state index in [4.69, 9.17) is 18.5 Å². The summed E-state index contributed by atoms with van der Waals surface area (Å²) >= 11 is 0. The van der Waals surface area contributed by atoms with Gasteiger partial charge in [0.25, 0.3) is 0 Å². The Labute approximate surface area is 367 Å². The van der Waals surface area contributed by atoms with E-state index in [1.165, 1.54) is 19.3 Å². The molecule has 0 aromatic carbocycles. The van der Waals surface area contributed by atoms with Crippen molar-refractivity contribution in [2.24, 2.45) is 0 Å². The Morgan fingerprint density at radius 1 is 0.517 bits per heavy atom. The van der Waals surface area contributed by atoms with Gasteiger partial charge in [0.15, 0.2) is 6.10 Å². The summed E-state index contributed by atoms with van der Waals surface area (Å²) in [5.74, 6) is -0.833. The number of ether oxygens (including phenoxy) is 2. The number of esters is 2. The molecule has 10 heteroatoms. The second-order valence-electron chi connectivity index (χ2n) is 16.4. The van der Waals surface area contributed by atoms with Gasteiger partial charge in [-0.3, -0.25) is 18.6 Å². The number of quaternary nitrogens is 1. The summed E-state index contributed by atoms with van der Waals surface area (Å²) < 4.78 is 34.4. The molecule has 0 fully saturated rings. The van der Waals surface area contributed by atoms with Crippen molar-refractivity contribution < 1.29 is 42.1 Å². The van der Waals surface area contributed by atoms with Crippen LogP contribution in [0.1, 0.15) is 168 Å². The quantitative estimate of drug-likeness (QED) is 0.0213. The average molecular weight is 861 g/mol. The number of allylic oxidation sites excluding steroid dienone is 14. The molecule has 0 bridgehead atoms. The van der Waals surface area contributed by atoms with E-state index < -0.39 is 26.5 Å². The summed E-state index contributed by atoms with van der Waals surface area (Å²) in [4.78, 5) is 35.5. The first-order valence-corrected chi connectivity index (χ1v) is 24.8. The lowest BCUT2D eigenvalue weighted by atomic mass is 10.1. The summed E-state index contributed by atoms with van der Waals surface area (Å²) in [7, 11) is 1.44. The van der Waals surface area contributed by atoms with Gasteiger partial charge in [0.1, 0.15) is 19.8 Å². The van der Waals surface area contributed by atoms with E-state index in [0.29, 0.717) is 17.4 Å². The number of rotatable bonds is 41. The number of phosphoric acid groups is 1. The van der Waals surface area contributed by atoms with Crippen LogP contribution in [0.3, 0.4) is 0 Å². The maximum absolute atomic E-state index is 12.7. The molecule has 0 rings (SSSR count). The molecule has 0 saturated carbocycles. The summed E-state index contributed by atoms with van der Waals surface area (Å²) in [5, 5.41) is 0. The van der Waals surface area contributed by atoms with E-state index in [0.717, 1.165) is 116 Å². The van der Waals surface area contributed by atoms with E-state index >= 15 is 0 Å². The van der Waals surface area contributed by atoms with E-state index in [2.05, 4.69) is 98.9 Å². The minimum atomic E-state index is -4.39. The van der Waals surface area contributed by atoms with E-state index in [1.54, 1.807) is 0 Å². The molecular formula is C50H87NO8P+. The molecule has 0 spiro atoms. The van der Waals surface area contributed by atoms with Gasteiger partial charge in [-0.25, -0.2) is 4.57 Å². The molecule has 344 valence electrons. The molecule has 0 aliphatic heterocycles. The van der Waals surface area contributed by atoms with Crippen molar-refractivity contribution in [1.82, 2.24) is 0 Å². The molecule has 0 saturated heterocycles. The maximum atomic E-state index is 12.7. The van der Waals surface area contributed by atoms with Gasteiger partial charge in [-0.15, -0.1) is 0 Å². The van der Waals surface area contributed by atoms with Crippen LogP contribution in [-0.4, -0.2) is 74.9 Å². The van der Waals surface area contributed by atoms with Gasteiger partial charge in [0, 0.05) is 12.8 Å². The molecule has 0 aliphatic carbocycles. The number of carbonyl (C=O) groups is 2. The average Bonchev–Trinajstić information content (AvgIpc) is 3.20. The molecule has 0 aromatic rings. The van der Waals surface area contributed by atoms with Gasteiger partial charge in [-0.1, -0.05) is 157 Å². The molecule has 0 aromatic heterocycles. The third kappa shape index (κ3) is 44.7. The van der Waals surface area contributed by atoms with Crippen molar-refractivity contribution >= 4 is 19.8 Å². The molecule has 0 heterocycles. The predicted octanol–water partition coefficient (Wildman–Crippen LogP) is 13.6. The van der Waals surface area contributed by atoms with E-state index in [-0.39, 0.29) is 32.0 Å². The van der Waals surface area contributed by atoms with Gasteiger partial charge in [0.05, 0.1) is 27.7 Å². The molecule has 2 atom stereocenters. The van der Waals surface area contributed by atoms with Gasteiger partial charge >= 0.3 is 19.8 Å². The fraction of sp³-hybridized carbons (Fsp3) is 0.680. The van der Waals surface area contributed by atoms with Crippen molar-refractivity contribution in [3.63, 3.8) is 0 Å². The maximum Gasteiger partial charge on any atom is 0.472 e. The highest BCUT2D eigenvalue weighted by Gasteiger charge is 2.27. The van der Waals surface area contributed by atoms with Crippen LogP contribution in [0.15, 0.2) is 85.1 Å². The zero-order valence-electron chi connectivity index (χ0n) is 38.7. The lowest BCUT2D eigenvalue weighted by Crippen LogP contribution is -2.37. The number of likely N-dealkylation sites (N-methyl/N-ethyl adjacent to an activating group) is 1. The molecule has 2 unspecified atom stereocenters. The van der Waals surface area contributed by atoms with Crippen LogP contribution in [0.4, 0.5) is 0 Å². The van der Waals surface area contributed by atoms with Crippen molar-refractivity contribution in [3.8, 4) is 0 Å². The minimum Gasteiger partial charge on any atom is -0.462 e. The molecular weight excluding hydrogens is 774 g/mol. The van der Waals surface area contributed by atoms with Gasteiger partial charge in [0.2, 0.25) is 0 Å². The highest BCUT2D eigenvalue weighted by atomic mass is 31.2. The van der Waals surface area contributed by atoms with Crippen molar-refractivity contribution in [1.29, 1.82) is 0 Å². The minimum absolute atomic E-state index is 0.0221. The number of hydrogen-bond acceptors (Lipinski definition) is 7. The van der Waals surface area contributed by atoms with Gasteiger partial charge in [-0.2, -0.15) is 0 Å². The molecule has 0 radical (unpaired) electrons. The predicted molar refractivity (Wildman–Crippen MR) is 252 cm³/mol. The number of hydrogen-bond donors (Lipinski definition) is 1. The van der Waals surface area contributed by atoms with Gasteiger partial charge < -0.3 is 18.9 Å². The first kappa shape index (κ1) is 57.2. The van der Waals surface area contributed by atoms with E-state index in [1.807, 2.05) is 21.1 Å². The third-order valence-electron chi connectivity index (χ3n) is 9.42. The van der Waals surface area contributed by atoms with Crippen molar-refractivity contribution in [2.45, 2.75) is 174 Å². The van der Waals surface area contributed by atoms with Crippen LogP contribution in [0.5, 0.6) is 0 Å². The molecule has 0 aliphatic rings. The van der Waals surface area contributed by atoms with Crippen LogP contribution in [-0.2, 0) is 32.7 Å². The lowest BCUT2D eigenvalue weighted by molar-refractivity contribution is -0.870. The van der Waals surface area contributed by atoms with Gasteiger partial charge in [-0.05, 0) is 83.5 Å². The molecule has 0 amide bonds. The monoisotopic (exact) mass is 861 g/mol. The van der Waals surface area contributed by atoms with Crippen LogP contribution >= 0.6 is 7.82 Å². The third-order valence-corrected chi connectivity index (χ3v) is 10.4. The fourth-order valence-electron chi connectivity index (χ4n) is 5.84. The van der Waals surface area contributed by atoms with Crippen LogP contribution in [0.25, 0.3) is 0 Å². The highest BCUT2D eigenvalue weighted by molar-refractivity contribution is 7.47. The van der Waals surface area contributed by atoms with Crippen LogP contribution in [0, 0.1) is 0 Å². The SMILES string of the molecule is CC/C=C\C/C=C\C/C=C\C/C=C\CCCCCCCCC(=O)OC(COC(=O)CCCCCCCCC/C=C\C/C=C\C/C=C\CC)COP(=O)(O)OCC[N+](C)(C)C. The molecule has 60 heavy (non-hydrogen) atoms. The Hall–Kier alpha value is -2.81. The smallest absolute Gasteiger partial charge is 0.462 e. The zero-order valence-corrected chi connectivity index (χ0v) is 39.6. The lowest BCUT2D eigenvalue weighted by Gasteiger charge is -2.24. The van der Waals surface area contributed by atoms with Crippen molar-refractivity contribution in [2.75, 3.05) is 47.5 Å². The van der Waals surface area contributed by atoms with Crippen LogP contribution < -0.4 is 0 Å². The summed E-state index contributed by atoms with van der Waals surface area (Å²) in [6.45, 7) is 4.16. The molecule has 1 N–H and O–H groups in total. The Morgan fingerprint density at radius 3 is 1.33 bits per heavy atom. The number of carbonyl (C=O) groups excluding carboxylic acids is 2. The Balaban J connectivity index is 4.38. The standard InChI is InChI=1S/C50H86NO8P/c1-6-8-10-12-14-16-18-20-22-24-25-27-29-31-33-35-37-39-41-43-50(53)59-48(47-58-60(54,55)57-45-44-51(3,4)5)46-56-49(52)42-40-38-36-34-32-30-28-26-23-21-19-17-15-13-11-9-7-2/h8-11,14-17,20-23,25,27,48H,6-7,12-13,18-19,24,26,28-47H2,1-5H3/p+1/b10-8-,11-9-,16-14-,17-15-,22-20-,23-21-,27-25-. The summed E-state index contributed by atoms with van der Waals surface area (Å²) in [5.41, 5.74) is 0. The highest BCUT2D eigenvalue weighted by Crippen LogP contribution is 2.43. The second kappa shape index (κ2) is 41.5. The zero-order chi connectivity index (χ0) is 44.3. The fourth-order valence-corrected chi connectivity index (χ4v) is 6.58. The first-order chi connectivity index (χ1) is 29.0. The number of unbranched alkanes of at least 4 members (excludes halogenated alkanes) is 13. The number of phosphoric ester groups is 1. The first-order valence-electron chi connectivity index (χ1n) is 23.3. The topological polar surface area (TPSA) is 108 Å². The summed E-state index contributed by atoms with van der Waals surface area (Å²) in [6.07, 6.45) is 53.4. The normalized spacial score (nSPS) is 14.3. The second-order valence-corrected chi connectivity index (χ2v) is 17.8. The summed E-state index contributed by atoms with van der Waals surface area (Å²) in [6, 6.07) is 0. The Bertz CT molecular complexity index is 1290.